The van der Waals surface area contributed by atoms with Gasteiger partial charge in [-0.3, -0.25) is 0 Å². The molecule has 0 rings (SSSR count). The van der Waals surface area contributed by atoms with Crippen LogP contribution in [0.3, 0.4) is 0 Å². The molecule has 0 aromatic heterocycles. The first-order chi connectivity index (χ1) is 12.7. The van der Waals surface area contributed by atoms with Crippen LogP contribution in [0.25, 0.3) is 4.13 Å². The molecule has 0 aromatic carbocycles. The van der Waals surface area contributed by atoms with Crippen molar-refractivity contribution in [3.63, 3.8) is 0 Å². The van der Waals surface area contributed by atoms with Gasteiger partial charge in [0.25, 0.3) is 0 Å². The molecular formula is C15H30F2N2O7S2. The van der Waals surface area contributed by atoms with Crippen LogP contribution in [0.5, 0.6) is 0 Å². The van der Waals surface area contributed by atoms with E-state index in [1.807, 2.05) is 0 Å². The number of hydrogen-bond donors (Lipinski definition) is 1. The number of ether oxygens (including phenoxy) is 1. The average molecular weight is 453 g/mol. The van der Waals surface area contributed by atoms with Gasteiger partial charge in [0, 0.05) is 6.08 Å². The fourth-order valence-corrected chi connectivity index (χ4v) is 3.13. The average Bonchev–Trinajstić information content (AvgIpc) is 2.53. The minimum absolute atomic E-state index is 0.0525. The van der Waals surface area contributed by atoms with Crippen molar-refractivity contribution < 1.29 is 43.7 Å². The number of quaternary nitrogens is 1. The van der Waals surface area contributed by atoms with Crippen molar-refractivity contribution in [3.8, 4) is 0 Å². The standard InChI is InChI=1S/C15H30NO3.F2NO4S2/c1-5-8-10-16(4,11-9-6-2)12-14(17)13-19-15(18)7-3;1-8(4,5)3-9(2,6)7/h7,14,17H,3,5-6,8-13H2,1-2,4H3;/q+1;-1. The Labute approximate surface area is 166 Å². The third-order valence-electron chi connectivity index (χ3n) is 3.52. The van der Waals surface area contributed by atoms with Gasteiger partial charge in [0.15, 0.2) is 0 Å². The van der Waals surface area contributed by atoms with Crippen LogP contribution in [0.15, 0.2) is 12.7 Å². The van der Waals surface area contributed by atoms with Crippen molar-refractivity contribution in [3.05, 3.63) is 16.8 Å². The monoisotopic (exact) mass is 452 g/mol. The summed E-state index contributed by atoms with van der Waals surface area (Å²) >= 11 is 0. The molecule has 13 heteroatoms. The van der Waals surface area contributed by atoms with Crippen LogP contribution in [0.4, 0.5) is 7.77 Å². The fraction of sp³-hybridized carbons (Fsp3) is 0.800. The third kappa shape index (κ3) is 19.6. The van der Waals surface area contributed by atoms with E-state index in [1.165, 1.54) is 0 Å². The molecule has 1 unspecified atom stereocenters. The molecular weight excluding hydrogens is 422 g/mol. The van der Waals surface area contributed by atoms with E-state index in [-0.39, 0.29) is 6.61 Å². The highest BCUT2D eigenvalue weighted by atomic mass is 32.3. The molecule has 0 aliphatic carbocycles. The highest BCUT2D eigenvalue weighted by molar-refractivity contribution is 8.07. The predicted octanol–water partition coefficient (Wildman–Crippen LogP) is 1.91. The van der Waals surface area contributed by atoms with E-state index in [0.717, 1.165) is 53.5 Å². The van der Waals surface area contributed by atoms with Gasteiger partial charge in [-0.2, -0.15) is 0 Å². The summed E-state index contributed by atoms with van der Waals surface area (Å²) in [6.45, 7) is 10.5. The first-order valence-corrected chi connectivity index (χ1v) is 11.3. The summed E-state index contributed by atoms with van der Waals surface area (Å²) in [6, 6.07) is 0. The molecule has 0 spiro atoms. The fourth-order valence-electron chi connectivity index (χ4n) is 2.28. The highest BCUT2D eigenvalue weighted by Gasteiger charge is 2.25. The molecule has 0 amide bonds. The zero-order valence-electron chi connectivity index (χ0n) is 16.4. The number of carbonyl (C=O) groups excluding carboxylic acids is 1. The van der Waals surface area contributed by atoms with Crippen LogP contribution in [-0.2, 0) is 30.3 Å². The summed E-state index contributed by atoms with van der Waals surface area (Å²) in [5.41, 5.74) is 0. The van der Waals surface area contributed by atoms with Gasteiger partial charge in [0.2, 0.25) is 20.8 Å². The van der Waals surface area contributed by atoms with Gasteiger partial charge in [-0.1, -0.05) is 33.3 Å². The van der Waals surface area contributed by atoms with E-state index in [0.29, 0.717) is 6.54 Å². The Hall–Kier alpha value is -1.15. The highest BCUT2D eigenvalue weighted by Crippen LogP contribution is 2.12. The minimum atomic E-state index is -5.62. The van der Waals surface area contributed by atoms with Crippen molar-refractivity contribution in [2.24, 2.45) is 0 Å². The van der Waals surface area contributed by atoms with Gasteiger partial charge in [-0.15, -0.1) is 7.77 Å². The van der Waals surface area contributed by atoms with Crippen LogP contribution >= 0.6 is 0 Å². The van der Waals surface area contributed by atoms with E-state index >= 15 is 0 Å². The maximum Gasteiger partial charge on any atom is 0.330 e. The number of esters is 1. The van der Waals surface area contributed by atoms with Crippen LogP contribution in [0.1, 0.15) is 39.5 Å². The molecule has 28 heavy (non-hydrogen) atoms. The quantitative estimate of drug-likeness (QED) is 0.196. The van der Waals surface area contributed by atoms with E-state index in [4.69, 9.17) is 4.74 Å². The Morgan fingerprint density at radius 2 is 1.57 bits per heavy atom. The summed E-state index contributed by atoms with van der Waals surface area (Å²) in [6.07, 6.45) is 5.12. The number of carbonyl (C=O) groups is 1. The Kier molecular flexibility index (Phi) is 14.5. The van der Waals surface area contributed by atoms with E-state index in [2.05, 4.69) is 27.5 Å². The number of aliphatic hydroxyl groups excluding tert-OH is 1. The second kappa shape index (κ2) is 13.9. The second-order valence-corrected chi connectivity index (χ2v) is 8.59. The molecule has 0 aliphatic rings. The molecule has 0 heterocycles. The summed E-state index contributed by atoms with van der Waals surface area (Å²) in [4.78, 5) is 11.0. The van der Waals surface area contributed by atoms with Crippen molar-refractivity contribution in [2.75, 3.05) is 33.3 Å². The molecule has 0 aromatic rings. The lowest BCUT2D eigenvalue weighted by Gasteiger charge is -2.36. The van der Waals surface area contributed by atoms with Crippen molar-refractivity contribution in [2.45, 2.75) is 45.6 Å². The molecule has 0 aliphatic heterocycles. The molecule has 0 saturated heterocycles. The number of halogens is 2. The lowest BCUT2D eigenvalue weighted by atomic mass is 10.2. The molecule has 1 N–H and O–H groups in total. The zero-order chi connectivity index (χ0) is 22.4. The number of aliphatic hydroxyl groups is 1. The number of rotatable bonds is 13. The molecule has 0 saturated carbocycles. The largest absolute Gasteiger partial charge is 0.460 e. The maximum absolute atomic E-state index is 11.1. The minimum Gasteiger partial charge on any atom is -0.460 e. The maximum atomic E-state index is 11.1. The molecule has 168 valence electrons. The van der Waals surface area contributed by atoms with Crippen LogP contribution < -0.4 is 0 Å². The summed E-state index contributed by atoms with van der Waals surface area (Å²) in [5, 5.41) is 10.0. The van der Waals surface area contributed by atoms with E-state index < -0.39 is 32.9 Å². The van der Waals surface area contributed by atoms with Crippen molar-refractivity contribution >= 4 is 26.8 Å². The van der Waals surface area contributed by atoms with Crippen LogP contribution in [-0.4, -0.2) is 71.8 Å². The van der Waals surface area contributed by atoms with Gasteiger partial charge in [-0.05, 0) is 12.8 Å². The zero-order valence-corrected chi connectivity index (χ0v) is 18.0. The summed E-state index contributed by atoms with van der Waals surface area (Å²) in [5.74, 6) is -0.477. The number of likely N-dealkylation sites (N-methyl/N-ethyl adjacent to an activating group) is 1. The van der Waals surface area contributed by atoms with Gasteiger partial charge >= 0.3 is 5.97 Å². The molecule has 0 fully saturated rings. The first kappa shape index (κ1) is 29.1. The van der Waals surface area contributed by atoms with Gasteiger partial charge in [0.1, 0.15) is 19.3 Å². The van der Waals surface area contributed by atoms with Gasteiger partial charge in [0.05, 0.1) is 20.1 Å². The lowest BCUT2D eigenvalue weighted by molar-refractivity contribution is -0.913. The van der Waals surface area contributed by atoms with Crippen LogP contribution in [0, 0.1) is 0 Å². The number of hydrogen-bond acceptors (Lipinski definition) is 7. The Balaban J connectivity index is 0. The first-order valence-electron chi connectivity index (χ1n) is 8.62. The summed E-state index contributed by atoms with van der Waals surface area (Å²) in [7, 11) is -9.07. The Morgan fingerprint density at radius 3 is 1.86 bits per heavy atom. The predicted molar refractivity (Wildman–Crippen MR) is 101 cm³/mol. The molecule has 1 atom stereocenters. The van der Waals surface area contributed by atoms with E-state index in [9.17, 15) is 34.5 Å². The molecule has 0 bridgehead atoms. The topological polar surface area (TPSA) is 129 Å². The smallest absolute Gasteiger partial charge is 0.330 e. The second-order valence-electron chi connectivity index (χ2n) is 6.34. The Bertz CT molecular complexity index is 632. The van der Waals surface area contributed by atoms with E-state index in [1.54, 1.807) is 0 Å². The third-order valence-corrected chi connectivity index (χ3v) is 4.94. The number of unbranched alkanes of at least 4 members (excludes halogenated alkanes) is 2. The Morgan fingerprint density at radius 1 is 1.14 bits per heavy atom. The van der Waals surface area contributed by atoms with Crippen molar-refractivity contribution in [1.82, 2.24) is 0 Å². The van der Waals surface area contributed by atoms with Gasteiger partial charge in [-0.25, -0.2) is 21.6 Å². The van der Waals surface area contributed by atoms with Gasteiger partial charge < -0.3 is 18.5 Å². The van der Waals surface area contributed by atoms with Crippen LogP contribution in [0.2, 0.25) is 0 Å². The number of nitrogens with zero attached hydrogens (tertiary/aromatic N) is 2. The SMILES string of the molecule is C=CC(=O)OCC(O)C[N+](C)(CCCC)CCCC.O=S(=O)(F)[N-]S(=O)(=O)F. The molecule has 0 radical (unpaired) electrons. The summed E-state index contributed by atoms with van der Waals surface area (Å²) < 4.78 is 65.8. The lowest BCUT2D eigenvalue weighted by Crippen LogP contribution is -2.51. The van der Waals surface area contributed by atoms with Crippen molar-refractivity contribution in [1.29, 1.82) is 0 Å². The molecule has 9 nitrogen and oxygen atoms in total. The normalized spacial score (nSPS) is 13.2.